The summed E-state index contributed by atoms with van der Waals surface area (Å²) in [5, 5.41) is 6.04. The summed E-state index contributed by atoms with van der Waals surface area (Å²) in [5.74, 6) is -0.919. The van der Waals surface area contributed by atoms with Crippen molar-refractivity contribution < 1.29 is 9.59 Å². The Bertz CT molecular complexity index is 279. The zero-order valence-electron chi connectivity index (χ0n) is 6.66. The van der Waals surface area contributed by atoms with Crippen LogP contribution in [-0.2, 0) is 16.0 Å². The molecule has 1 amide bonds. The molecule has 0 aliphatic carbocycles. The van der Waals surface area contributed by atoms with Gasteiger partial charge in [-0.05, 0) is 22.4 Å². The Labute approximate surface area is 74.4 Å². The van der Waals surface area contributed by atoms with Gasteiger partial charge in [0, 0.05) is 13.5 Å². The lowest BCUT2D eigenvalue weighted by Gasteiger charge is -1.95. The van der Waals surface area contributed by atoms with E-state index in [0.717, 1.165) is 5.56 Å². The van der Waals surface area contributed by atoms with Crippen LogP contribution in [0.1, 0.15) is 5.56 Å². The van der Waals surface area contributed by atoms with Gasteiger partial charge in [-0.15, -0.1) is 0 Å². The van der Waals surface area contributed by atoms with E-state index in [1.807, 2.05) is 16.8 Å². The van der Waals surface area contributed by atoms with Crippen LogP contribution in [0.15, 0.2) is 16.8 Å². The minimum absolute atomic E-state index is 0.198. The van der Waals surface area contributed by atoms with Crippen molar-refractivity contribution in [3.05, 3.63) is 22.4 Å². The Kier molecular flexibility index (Phi) is 2.99. The van der Waals surface area contributed by atoms with Crippen molar-refractivity contribution in [3.8, 4) is 0 Å². The van der Waals surface area contributed by atoms with Gasteiger partial charge in [0.05, 0.1) is 0 Å². The van der Waals surface area contributed by atoms with Crippen LogP contribution in [-0.4, -0.2) is 18.7 Å². The quantitative estimate of drug-likeness (QED) is 0.698. The molecular formula is C8H9NO2S. The summed E-state index contributed by atoms with van der Waals surface area (Å²) in [5.41, 5.74) is 0.897. The second-order valence-corrected chi connectivity index (χ2v) is 3.09. The summed E-state index contributed by atoms with van der Waals surface area (Å²) < 4.78 is 0. The van der Waals surface area contributed by atoms with Gasteiger partial charge in [-0.25, -0.2) is 0 Å². The van der Waals surface area contributed by atoms with Crippen molar-refractivity contribution >= 4 is 23.0 Å². The van der Waals surface area contributed by atoms with Crippen molar-refractivity contribution in [1.29, 1.82) is 0 Å². The molecule has 0 bridgehead atoms. The van der Waals surface area contributed by atoms with E-state index in [2.05, 4.69) is 5.32 Å². The summed E-state index contributed by atoms with van der Waals surface area (Å²) in [4.78, 5) is 21.8. The number of likely N-dealkylation sites (N-methyl/N-ethyl adjacent to an activating group) is 1. The predicted molar refractivity (Wildman–Crippen MR) is 47.1 cm³/mol. The first kappa shape index (κ1) is 8.93. The minimum Gasteiger partial charge on any atom is -0.353 e. The third-order valence-electron chi connectivity index (χ3n) is 1.43. The van der Waals surface area contributed by atoms with Crippen LogP contribution < -0.4 is 5.32 Å². The maximum absolute atomic E-state index is 11.0. The van der Waals surface area contributed by atoms with E-state index >= 15 is 0 Å². The third-order valence-corrected chi connectivity index (χ3v) is 2.16. The van der Waals surface area contributed by atoms with E-state index in [1.165, 1.54) is 18.4 Å². The lowest BCUT2D eigenvalue weighted by Crippen LogP contribution is -2.28. The summed E-state index contributed by atoms with van der Waals surface area (Å²) in [6.07, 6.45) is 0.198. The van der Waals surface area contributed by atoms with Crippen molar-refractivity contribution in [1.82, 2.24) is 5.32 Å². The molecule has 3 nitrogen and oxygen atoms in total. The molecule has 1 heterocycles. The highest BCUT2D eigenvalue weighted by Gasteiger charge is 2.11. The van der Waals surface area contributed by atoms with E-state index in [0.29, 0.717) is 0 Å². The van der Waals surface area contributed by atoms with Crippen LogP contribution in [0.4, 0.5) is 0 Å². The molecule has 1 aromatic rings. The number of rotatable bonds is 3. The number of thiophene rings is 1. The van der Waals surface area contributed by atoms with Gasteiger partial charge in [-0.2, -0.15) is 11.3 Å². The Morgan fingerprint density at radius 1 is 1.58 bits per heavy atom. The number of amides is 1. The number of carbonyl (C=O) groups excluding carboxylic acids is 2. The van der Waals surface area contributed by atoms with E-state index < -0.39 is 11.7 Å². The predicted octanol–water partition coefficient (Wildman–Crippen LogP) is 0.606. The van der Waals surface area contributed by atoms with Crippen molar-refractivity contribution in [2.24, 2.45) is 0 Å². The molecule has 0 fully saturated rings. The summed E-state index contributed by atoms with van der Waals surface area (Å²) in [6, 6.07) is 1.84. The number of hydrogen-bond donors (Lipinski definition) is 1. The zero-order valence-corrected chi connectivity index (χ0v) is 7.48. The fourth-order valence-corrected chi connectivity index (χ4v) is 1.47. The molecule has 0 atom stereocenters. The number of Topliss-reactive ketones (excluding diaryl/α,β-unsaturated/α-hetero) is 1. The summed E-state index contributed by atoms with van der Waals surface area (Å²) in [7, 11) is 1.45. The third kappa shape index (κ3) is 2.17. The molecule has 0 aromatic carbocycles. The Morgan fingerprint density at radius 3 is 2.83 bits per heavy atom. The first-order valence-corrected chi connectivity index (χ1v) is 4.44. The smallest absolute Gasteiger partial charge is 0.287 e. The van der Waals surface area contributed by atoms with Crippen LogP contribution in [0.2, 0.25) is 0 Å². The molecule has 1 aromatic heterocycles. The molecule has 1 rings (SSSR count). The molecule has 12 heavy (non-hydrogen) atoms. The van der Waals surface area contributed by atoms with Crippen LogP contribution in [0.3, 0.4) is 0 Å². The maximum atomic E-state index is 11.0. The first-order chi connectivity index (χ1) is 5.74. The van der Waals surface area contributed by atoms with Gasteiger partial charge in [-0.3, -0.25) is 9.59 Å². The standard InChI is InChI=1S/C8H9NO2S/c1-9-8(11)7(10)4-6-2-3-12-5-6/h2-3,5H,4H2,1H3,(H,9,11). The maximum Gasteiger partial charge on any atom is 0.287 e. The van der Waals surface area contributed by atoms with Gasteiger partial charge in [0.15, 0.2) is 0 Å². The number of nitrogens with one attached hydrogen (secondary N) is 1. The highest BCUT2D eigenvalue weighted by molar-refractivity contribution is 7.08. The Balaban J connectivity index is 2.53. The van der Waals surface area contributed by atoms with E-state index in [-0.39, 0.29) is 6.42 Å². The van der Waals surface area contributed by atoms with Crippen LogP contribution in [0, 0.1) is 0 Å². The zero-order chi connectivity index (χ0) is 8.97. The van der Waals surface area contributed by atoms with Gasteiger partial charge in [0.25, 0.3) is 5.91 Å². The number of ketones is 1. The molecule has 0 spiro atoms. The van der Waals surface area contributed by atoms with E-state index in [4.69, 9.17) is 0 Å². The monoisotopic (exact) mass is 183 g/mol. The molecule has 0 aliphatic heterocycles. The van der Waals surface area contributed by atoms with Crippen molar-refractivity contribution in [2.45, 2.75) is 6.42 Å². The first-order valence-electron chi connectivity index (χ1n) is 3.50. The van der Waals surface area contributed by atoms with Crippen molar-refractivity contribution in [2.75, 3.05) is 7.05 Å². The van der Waals surface area contributed by atoms with Crippen LogP contribution >= 0.6 is 11.3 Å². The average molecular weight is 183 g/mol. The molecule has 0 radical (unpaired) electrons. The van der Waals surface area contributed by atoms with Crippen LogP contribution in [0.5, 0.6) is 0 Å². The van der Waals surface area contributed by atoms with Gasteiger partial charge in [0.1, 0.15) is 0 Å². The SMILES string of the molecule is CNC(=O)C(=O)Cc1ccsc1. The van der Waals surface area contributed by atoms with Gasteiger partial charge < -0.3 is 5.32 Å². The lowest BCUT2D eigenvalue weighted by atomic mass is 10.2. The fourth-order valence-electron chi connectivity index (χ4n) is 0.798. The summed E-state index contributed by atoms with van der Waals surface area (Å²) >= 11 is 1.52. The highest BCUT2D eigenvalue weighted by atomic mass is 32.1. The van der Waals surface area contributed by atoms with Gasteiger partial charge in [0.2, 0.25) is 5.78 Å². The van der Waals surface area contributed by atoms with Gasteiger partial charge in [-0.1, -0.05) is 0 Å². The number of hydrogen-bond acceptors (Lipinski definition) is 3. The molecule has 1 N–H and O–H groups in total. The molecule has 0 aliphatic rings. The molecular weight excluding hydrogens is 174 g/mol. The van der Waals surface area contributed by atoms with Gasteiger partial charge >= 0.3 is 0 Å². The second kappa shape index (κ2) is 4.01. The molecule has 4 heteroatoms. The Morgan fingerprint density at radius 2 is 2.33 bits per heavy atom. The largest absolute Gasteiger partial charge is 0.353 e. The van der Waals surface area contributed by atoms with Crippen LogP contribution in [0.25, 0.3) is 0 Å². The minimum atomic E-state index is -0.527. The second-order valence-electron chi connectivity index (χ2n) is 2.31. The molecule has 64 valence electrons. The topological polar surface area (TPSA) is 46.2 Å². The Hall–Kier alpha value is -1.16. The fraction of sp³-hybridized carbons (Fsp3) is 0.250. The molecule has 0 saturated carbocycles. The average Bonchev–Trinajstić information content (AvgIpc) is 2.55. The molecule has 0 saturated heterocycles. The van der Waals surface area contributed by atoms with Crippen molar-refractivity contribution in [3.63, 3.8) is 0 Å². The molecule has 0 unspecified atom stereocenters. The number of carbonyl (C=O) groups is 2. The summed E-state index contributed by atoms with van der Waals surface area (Å²) in [6.45, 7) is 0. The lowest BCUT2D eigenvalue weighted by molar-refractivity contribution is -0.137. The highest BCUT2D eigenvalue weighted by Crippen LogP contribution is 2.06. The normalized spacial score (nSPS) is 9.42. The van der Waals surface area contributed by atoms with E-state index in [9.17, 15) is 9.59 Å². The van der Waals surface area contributed by atoms with E-state index in [1.54, 1.807) is 0 Å².